The number of aromatic amines is 1. The minimum Gasteiger partial charge on any atom is -0.508 e. The number of carbonyl (C=O) groups is 1. The van der Waals surface area contributed by atoms with Crippen LogP contribution in [0, 0.1) is 11.6 Å². The van der Waals surface area contributed by atoms with Gasteiger partial charge in [0.25, 0.3) is 5.91 Å². The van der Waals surface area contributed by atoms with Crippen LogP contribution in [0.1, 0.15) is 57.7 Å². The molecule has 0 spiro atoms. The van der Waals surface area contributed by atoms with Crippen LogP contribution in [0.3, 0.4) is 0 Å². The van der Waals surface area contributed by atoms with Gasteiger partial charge in [0.1, 0.15) is 29.3 Å². The van der Waals surface area contributed by atoms with E-state index in [0.717, 1.165) is 37.5 Å². The number of hydrogen-bond acceptors (Lipinski definition) is 4. The van der Waals surface area contributed by atoms with Crippen LogP contribution in [0.15, 0.2) is 78.9 Å². The topological polar surface area (TPSA) is 72.5 Å². The summed E-state index contributed by atoms with van der Waals surface area (Å²) in [4.78, 5) is 25.6. The van der Waals surface area contributed by atoms with Crippen molar-refractivity contribution >= 4 is 16.9 Å². The number of aromatic nitrogens is 2. The molecule has 212 valence electrons. The third-order valence-corrected chi connectivity index (χ3v) is 8.72. The summed E-state index contributed by atoms with van der Waals surface area (Å²) in [5.74, 6) is -1.03. The van der Waals surface area contributed by atoms with Gasteiger partial charge in [-0.3, -0.25) is 4.79 Å². The van der Waals surface area contributed by atoms with Gasteiger partial charge < -0.3 is 19.9 Å². The van der Waals surface area contributed by atoms with Gasteiger partial charge in [0.2, 0.25) is 0 Å². The van der Waals surface area contributed by atoms with Gasteiger partial charge in [-0.15, -0.1) is 0 Å². The zero-order chi connectivity index (χ0) is 29.0. The Labute approximate surface area is 242 Å². The monoisotopic (exact) mass is 564 g/mol. The Kier molecular flexibility index (Phi) is 6.50. The molecule has 1 saturated heterocycles. The van der Waals surface area contributed by atoms with Gasteiger partial charge in [-0.05, 0) is 85.9 Å². The van der Waals surface area contributed by atoms with Crippen LogP contribution >= 0.6 is 0 Å². The zero-order valence-electron chi connectivity index (χ0n) is 23.1. The minimum absolute atomic E-state index is 0.0103. The second-order valence-electron chi connectivity index (χ2n) is 11.3. The molecule has 1 atom stereocenters. The van der Waals surface area contributed by atoms with Crippen LogP contribution in [-0.4, -0.2) is 50.9 Å². The van der Waals surface area contributed by atoms with Crippen molar-refractivity contribution in [2.24, 2.45) is 0 Å². The highest BCUT2D eigenvalue weighted by molar-refractivity contribution is 6.00. The Morgan fingerprint density at radius 1 is 0.976 bits per heavy atom. The molecule has 4 aromatic carbocycles. The summed E-state index contributed by atoms with van der Waals surface area (Å²) in [7, 11) is 2.14. The summed E-state index contributed by atoms with van der Waals surface area (Å²) in [6, 6.07) is 21.5. The van der Waals surface area contributed by atoms with Crippen LogP contribution in [0.4, 0.5) is 8.78 Å². The number of benzene rings is 4. The number of para-hydroxylation sites is 2. The summed E-state index contributed by atoms with van der Waals surface area (Å²) < 4.78 is 30.6. The highest BCUT2D eigenvalue weighted by Gasteiger charge is 2.39. The number of rotatable bonds is 5. The molecule has 0 bridgehead atoms. The fourth-order valence-electron chi connectivity index (χ4n) is 6.40. The summed E-state index contributed by atoms with van der Waals surface area (Å²) in [5, 5.41) is 10.8. The van der Waals surface area contributed by atoms with Crippen molar-refractivity contribution in [3.63, 3.8) is 0 Å². The molecule has 2 N–H and O–H groups in total. The van der Waals surface area contributed by atoms with E-state index in [4.69, 9.17) is 0 Å². The van der Waals surface area contributed by atoms with E-state index in [9.17, 15) is 14.3 Å². The maximum absolute atomic E-state index is 16.2. The highest BCUT2D eigenvalue weighted by atomic mass is 19.1. The summed E-state index contributed by atoms with van der Waals surface area (Å²) in [5.41, 5.74) is 4.39. The summed E-state index contributed by atoms with van der Waals surface area (Å²) in [6.07, 6.45) is 2.20. The third-order valence-electron chi connectivity index (χ3n) is 8.72. The molecule has 1 aromatic heterocycles. The maximum atomic E-state index is 16.2. The van der Waals surface area contributed by atoms with Crippen molar-refractivity contribution in [1.29, 1.82) is 0 Å². The molecule has 3 heterocycles. The Balaban J connectivity index is 1.25. The molecular formula is C34H30F2N4O2. The molecule has 42 heavy (non-hydrogen) atoms. The van der Waals surface area contributed by atoms with Gasteiger partial charge in [-0.25, -0.2) is 13.8 Å². The van der Waals surface area contributed by atoms with Gasteiger partial charge in [-0.1, -0.05) is 48.5 Å². The number of nitrogens with zero attached hydrogens (tertiary/aromatic N) is 3. The van der Waals surface area contributed by atoms with Gasteiger partial charge in [0, 0.05) is 17.7 Å². The lowest BCUT2D eigenvalue weighted by Gasteiger charge is -2.29. The molecule has 6 nitrogen and oxygen atoms in total. The smallest absolute Gasteiger partial charge is 0.258 e. The van der Waals surface area contributed by atoms with Crippen LogP contribution in [0.5, 0.6) is 5.75 Å². The van der Waals surface area contributed by atoms with E-state index >= 15 is 4.39 Å². The van der Waals surface area contributed by atoms with Crippen LogP contribution in [0.2, 0.25) is 0 Å². The van der Waals surface area contributed by atoms with E-state index in [1.54, 1.807) is 12.1 Å². The fraction of sp³-hybridized carbons (Fsp3) is 0.235. The van der Waals surface area contributed by atoms with Crippen molar-refractivity contribution in [2.45, 2.75) is 31.3 Å². The first-order valence-electron chi connectivity index (χ1n) is 14.2. The molecule has 2 aliphatic rings. The van der Waals surface area contributed by atoms with Crippen LogP contribution in [0.25, 0.3) is 22.2 Å². The first-order valence-corrected chi connectivity index (χ1v) is 14.2. The Morgan fingerprint density at radius 3 is 2.50 bits per heavy atom. The summed E-state index contributed by atoms with van der Waals surface area (Å²) >= 11 is 0. The second kappa shape index (κ2) is 10.4. The highest BCUT2D eigenvalue weighted by Crippen LogP contribution is 2.41. The maximum Gasteiger partial charge on any atom is 0.258 e. The zero-order valence-corrected chi connectivity index (χ0v) is 23.1. The molecule has 0 saturated carbocycles. The summed E-state index contributed by atoms with van der Waals surface area (Å²) in [6.45, 7) is 2.21. The molecule has 0 radical (unpaired) electrons. The Hall–Kier alpha value is -4.56. The number of amides is 1. The Bertz CT molecular complexity index is 1780. The lowest BCUT2D eigenvalue weighted by Crippen LogP contribution is -2.31. The van der Waals surface area contributed by atoms with Gasteiger partial charge in [-0.2, -0.15) is 0 Å². The number of phenols is 1. The third kappa shape index (κ3) is 4.52. The van der Waals surface area contributed by atoms with Crippen LogP contribution < -0.4 is 0 Å². The average Bonchev–Trinajstić information content (AvgIpc) is 3.57. The predicted octanol–water partition coefficient (Wildman–Crippen LogP) is 6.77. The average molecular weight is 565 g/mol. The van der Waals surface area contributed by atoms with Crippen molar-refractivity contribution in [1.82, 2.24) is 19.8 Å². The van der Waals surface area contributed by atoms with Gasteiger partial charge in [0.15, 0.2) is 0 Å². The second-order valence-corrected chi connectivity index (χ2v) is 11.3. The van der Waals surface area contributed by atoms with Gasteiger partial charge >= 0.3 is 0 Å². The quantitative estimate of drug-likeness (QED) is 0.247. The largest absolute Gasteiger partial charge is 0.508 e. The molecule has 2 aliphatic heterocycles. The standard InChI is InChI=1S/C34H30F2N4O2/c1-39-16-14-21(15-17-39)20-6-8-22(9-7-20)25-12-10-23-19-40(34(42)30(23)31(25)36)32(26-18-24(35)11-13-29(26)41)33-37-27-4-2-3-5-28(27)38-33/h2-13,18,21,32,41H,14-17,19H2,1H3,(H,37,38). The number of nitrogens with one attached hydrogen (secondary N) is 1. The number of fused-ring (bicyclic) bond motifs is 2. The molecular weight excluding hydrogens is 534 g/mol. The fourth-order valence-corrected chi connectivity index (χ4v) is 6.40. The molecule has 0 aliphatic carbocycles. The predicted molar refractivity (Wildman–Crippen MR) is 157 cm³/mol. The number of H-pyrrole nitrogens is 1. The van der Waals surface area contributed by atoms with E-state index in [1.165, 1.54) is 22.6 Å². The van der Waals surface area contributed by atoms with Crippen molar-refractivity contribution < 1.29 is 18.7 Å². The molecule has 7 rings (SSSR count). The van der Waals surface area contributed by atoms with E-state index in [1.807, 2.05) is 36.4 Å². The first kappa shape index (κ1) is 26.3. The van der Waals surface area contributed by atoms with E-state index in [2.05, 4.69) is 34.0 Å². The normalized spacial score (nSPS) is 16.7. The number of phenolic OH excluding ortho intramolecular Hbond substituents is 1. The van der Waals surface area contributed by atoms with Crippen molar-refractivity contribution in [3.05, 3.63) is 119 Å². The lowest BCUT2D eigenvalue weighted by atomic mass is 9.88. The molecule has 1 unspecified atom stereocenters. The van der Waals surface area contributed by atoms with E-state index in [-0.39, 0.29) is 23.4 Å². The first-order chi connectivity index (χ1) is 20.4. The lowest BCUT2D eigenvalue weighted by molar-refractivity contribution is 0.0720. The number of aromatic hydroxyl groups is 1. The van der Waals surface area contributed by atoms with Crippen LogP contribution in [-0.2, 0) is 6.54 Å². The molecule has 1 fully saturated rings. The van der Waals surface area contributed by atoms with E-state index < -0.39 is 23.6 Å². The number of likely N-dealkylation sites (tertiary alicyclic amines) is 1. The Morgan fingerprint density at radius 2 is 1.74 bits per heavy atom. The minimum atomic E-state index is -0.968. The number of imidazole rings is 1. The molecule has 8 heteroatoms. The van der Waals surface area contributed by atoms with Crippen molar-refractivity contribution in [2.75, 3.05) is 20.1 Å². The van der Waals surface area contributed by atoms with Gasteiger partial charge in [0.05, 0.1) is 16.6 Å². The number of halogens is 2. The number of hydrogen-bond donors (Lipinski definition) is 2. The number of carbonyl (C=O) groups excluding carboxylic acids is 1. The van der Waals surface area contributed by atoms with E-state index in [0.29, 0.717) is 33.9 Å². The molecule has 1 amide bonds. The molecule has 5 aromatic rings. The SMILES string of the molecule is CN1CCC(c2ccc(-c3ccc4c(c3F)C(=O)N(C(c3nc5ccccc5[nH]3)c3cc(F)ccc3O)C4)cc2)CC1. The van der Waals surface area contributed by atoms with Crippen molar-refractivity contribution in [3.8, 4) is 16.9 Å². The number of piperidine rings is 1.